The Hall–Kier alpha value is -5.07. The Labute approximate surface area is 267 Å². The first-order valence-corrected chi connectivity index (χ1v) is 16.1. The van der Waals surface area contributed by atoms with Crippen molar-refractivity contribution in [2.24, 2.45) is 0 Å². The summed E-state index contributed by atoms with van der Waals surface area (Å²) in [7, 11) is -0.912. The minimum atomic E-state index is -3.82. The molecule has 0 spiro atoms. The quantitative estimate of drug-likeness (QED) is 0.166. The van der Waals surface area contributed by atoms with Crippen molar-refractivity contribution in [1.29, 1.82) is 0 Å². The molecule has 1 aliphatic carbocycles. The average Bonchev–Trinajstić information content (AvgIpc) is 3.06. The molecule has 0 radical (unpaired) electrons. The second-order valence-electron chi connectivity index (χ2n) is 10.6. The smallest absolute Gasteiger partial charge is 0.337 e. The molecule has 3 N–H and O–H groups in total. The Morgan fingerprint density at radius 1 is 0.761 bits per heavy atom. The zero-order valence-corrected chi connectivity index (χ0v) is 26.1. The molecule has 11 nitrogen and oxygen atoms in total. The second-order valence-corrected chi connectivity index (χ2v) is 12.3. The third kappa shape index (κ3) is 7.95. The van der Waals surface area contributed by atoms with Crippen LogP contribution in [0, 0.1) is 0 Å². The first-order chi connectivity index (χ1) is 22.1. The van der Waals surface area contributed by atoms with E-state index in [1.165, 1.54) is 32.4 Å². The molecule has 0 saturated heterocycles. The summed E-state index contributed by atoms with van der Waals surface area (Å²) in [5.41, 5.74) is 0.565. The van der Waals surface area contributed by atoms with E-state index < -0.39 is 21.9 Å². The third-order valence-corrected chi connectivity index (χ3v) is 9.08. The lowest BCUT2D eigenvalue weighted by atomic mass is 9.94. The number of hydrogen-bond donors (Lipinski definition) is 3. The zero-order valence-electron chi connectivity index (χ0n) is 25.3. The molecule has 46 heavy (non-hydrogen) atoms. The molecule has 0 unspecified atom stereocenters. The van der Waals surface area contributed by atoms with Crippen LogP contribution in [-0.2, 0) is 10.0 Å². The minimum absolute atomic E-state index is 0.00486. The van der Waals surface area contributed by atoms with Gasteiger partial charge in [-0.05, 0) is 98.5 Å². The van der Waals surface area contributed by atoms with Crippen LogP contribution in [0.25, 0.3) is 0 Å². The van der Waals surface area contributed by atoms with Crippen LogP contribution in [0.4, 0.5) is 5.69 Å². The van der Waals surface area contributed by atoms with Crippen molar-refractivity contribution >= 4 is 27.6 Å². The Kier molecular flexibility index (Phi) is 10.1. The number of rotatable bonds is 12. The van der Waals surface area contributed by atoms with Gasteiger partial charge in [-0.1, -0.05) is 12.1 Å². The van der Waals surface area contributed by atoms with Crippen molar-refractivity contribution in [2.45, 2.75) is 42.7 Å². The number of nitrogens with one attached hydrogen (secondary N) is 2. The van der Waals surface area contributed by atoms with E-state index in [4.69, 9.17) is 18.9 Å². The van der Waals surface area contributed by atoms with Gasteiger partial charge in [-0.25, -0.2) is 17.9 Å². The molecule has 240 valence electrons. The fourth-order valence-corrected chi connectivity index (χ4v) is 6.63. The van der Waals surface area contributed by atoms with Crippen LogP contribution in [0.3, 0.4) is 0 Å². The predicted molar refractivity (Wildman–Crippen MR) is 171 cm³/mol. The van der Waals surface area contributed by atoms with Crippen molar-refractivity contribution in [3.8, 4) is 28.7 Å². The fraction of sp³-hybridized carbons (Fsp3) is 0.235. The molecule has 5 rings (SSSR count). The first kappa shape index (κ1) is 32.3. The Bertz CT molecular complexity index is 1780. The van der Waals surface area contributed by atoms with Crippen molar-refractivity contribution in [1.82, 2.24) is 4.72 Å². The highest BCUT2D eigenvalue weighted by molar-refractivity contribution is 7.89. The van der Waals surface area contributed by atoms with Crippen molar-refractivity contribution < 1.29 is 42.1 Å². The summed E-state index contributed by atoms with van der Waals surface area (Å²) in [4.78, 5) is 24.1. The molecule has 1 aliphatic rings. The number of carboxylic acid groups (broad SMARTS) is 1. The van der Waals surface area contributed by atoms with E-state index in [0.29, 0.717) is 54.2 Å². The molecule has 12 heteroatoms. The number of hydrogen-bond acceptors (Lipinski definition) is 8. The van der Waals surface area contributed by atoms with Crippen molar-refractivity contribution in [2.75, 3.05) is 19.5 Å². The SMILES string of the molecule is COc1ccc(OC)c(S(=O)(=O)NC2CCC(Oc3ccc(Oc4ccc(C(=O)Nc5ccccc5C(=O)O)cc4)cc3)CC2)c1. The summed E-state index contributed by atoms with van der Waals surface area (Å²) in [5.74, 6) is 0.872. The van der Waals surface area contributed by atoms with Crippen LogP contribution in [0.15, 0.2) is 95.9 Å². The molecule has 0 atom stereocenters. The molecular formula is C34H34N2O9S. The summed E-state index contributed by atoms with van der Waals surface area (Å²) in [6.07, 6.45) is 2.56. The number of ether oxygens (including phenoxy) is 4. The standard InChI is InChI=1S/C34H34N2O9S/c1-42-28-19-20-31(43-2)32(21-28)46(40,41)36-23-9-13-25(14-10-23)45-27-17-15-26(16-18-27)44-24-11-7-22(8-12-24)33(37)35-30-6-4-3-5-29(30)34(38)39/h3-8,11-12,15-21,23,25,36H,9-10,13-14H2,1-2H3,(H,35,37)(H,38,39). The van der Waals surface area contributed by atoms with Crippen molar-refractivity contribution in [3.05, 3.63) is 102 Å². The maximum atomic E-state index is 13.1. The summed E-state index contributed by atoms with van der Waals surface area (Å²) >= 11 is 0. The van der Waals surface area contributed by atoms with Gasteiger partial charge in [-0.3, -0.25) is 4.79 Å². The molecular weight excluding hydrogens is 612 g/mol. The number of carbonyl (C=O) groups excluding carboxylic acids is 1. The van der Waals surface area contributed by atoms with Gasteiger partial charge in [-0.2, -0.15) is 0 Å². The molecule has 0 aliphatic heterocycles. The number of methoxy groups -OCH3 is 2. The number of sulfonamides is 1. The highest BCUT2D eigenvalue weighted by atomic mass is 32.2. The summed E-state index contributed by atoms with van der Waals surface area (Å²) in [6, 6.07) is 24.3. The largest absolute Gasteiger partial charge is 0.497 e. The van der Waals surface area contributed by atoms with Gasteiger partial charge in [0.05, 0.1) is 31.6 Å². The number of carbonyl (C=O) groups is 2. The molecule has 1 saturated carbocycles. The van der Waals surface area contributed by atoms with Gasteiger partial charge < -0.3 is 29.4 Å². The number of anilines is 1. The average molecular weight is 647 g/mol. The van der Waals surface area contributed by atoms with E-state index in [1.54, 1.807) is 72.8 Å². The molecule has 4 aromatic carbocycles. The lowest BCUT2D eigenvalue weighted by Gasteiger charge is -2.29. The highest BCUT2D eigenvalue weighted by Crippen LogP contribution is 2.31. The minimum Gasteiger partial charge on any atom is -0.497 e. The van der Waals surface area contributed by atoms with E-state index in [1.807, 2.05) is 0 Å². The monoisotopic (exact) mass is 646 g/mol. The highest BCUT2D eigenvalue weighted by Gasteiger charge is 2.29. The van der Waals surface area contributed by atoms with Crippen molar-refractivity contribution in [3.63, 3.8) is 0 Å². The van der Waals surface area contributed by atoms with Crippen LogP contribution in [0.5, 0.6) is 28.7 Å². The Balaban J connectivity index is 1.10. The van der Waals surface area contributed by atoms with E-state index in [-0.39, 0.29) is 34.0 Å². The van der Waals surface area contributed by atoms with Gasteiger partial charge in [0.2, 0.25) is 10.0 Å². The van der Waals surface area contributed by atoms with Gasteiger partial charge in [0.25, 0.3) is 5.91 Å². The maximum Gasteiger partial charge on any atom is 0.337 e. The Morgan fingerprint density at radius 3 is 2.00 bits per heavy atom. The number of amides is 1. The van der Waals surface area contributed by atoms with Gasteiger partial charge in [0.15, 0.2) is 0 Å². The molecule has 1 fully saturated rings. The summed E-state index contributed by atoms with van der Waals surface area (Å²) in [5, 5.41) is 12.0. The third-order valence-electron chi connectivity index (χ3n) is 7.54. The van der Waals surface area contributed by atoms with E-state index in [9.17, 15) is 23.1 Å². The normalized spacial score (nSPS) is 16.2. The molecule has 0 bridgehead atoms. The Morgan fingerprint density at radius 2 is 1.37 bits per heavy atom. The van der Waals surface area contributed by atoms with Crippen LogP contribution in [-0.4, -0.2) is 51.8 Å². The maximum absolute atomic E-state index is 13.1. The summed E-state index contributed by atoms with van der Waals surface area (Å²) < 4.78 is 51.5. The summed E-state index contributed by atoms with van der Waals surface area (Å²) in [6.45, 7) is 0. The number of para-hydroxylation sites is 1. The molecule has 0 heterocycles. The molecule has 4 aromatic rings. The van der Waals surface area contributed by atoms with Crippen LogP contribution in [0.2, 0.25) is 0 Å². The van der Waals surface area contributed by atoms with Gasteiger partial charge >= 0.3 is 5.97 Å². The molecule has 1 amide bonds. The molecule has 0 aromatic heterocycles. The number of carboxylic acids is 1. The van der Waals surface area contributed by atoms with Crippen LogP contribution >= 0.6 is 0 Å². The second kappa shape index (κ2) is 14.4. The fourth-order valence-electron chi connectivity index (χ4n) is 5.14. The topological polar surface area (TPSA) is 149 Å². The lowest BCUT2D eigenvalue weighted by molar-refractivity contribution is 0.0698. The van der Waals surface area contributed by atoms with Crippen LogP contribution < -0.4 is 29.0 Å². The number of aromatic carboxylic acids is 1. The predicted octanol–water partition coefficient (Wildman–Crippen LogP) is 6.12. The van der Waals surface area contributed by atoms with Gasteiger partial charge in [0, 0.05) is 17.7 Å². The lowest BCUT2D eigenvalue weighted by Crippen LogP contribution is -2.39. The van der Waals surface area contributed by atoms with Gasteiger partial charge in [0.1, 0.15) is 33.6 Å². The van der Waals surface area contributed by atoms with E-state index >= 15 is 0 Å². The number of benzene rings is 4. The van der Waals surface area contributed by atoms with E-state index in [0.717, 1.165) is 0 Å². The van der Waals surface area contributed by atoms with Crippen LogP contribution in [0.1, 0.15) is 46.4 Å². The van der Waals surface area contributed by atoms with Gasteiger partial charge in [-0.15, -0.1) is 0 Å². The zero-order chi connectivity index (χ0) is 32.7. The first-order valence-electron chi connectivity index (χ1n) is 14.6. The van der Waals surface area contributed by atoms with E-state index in [2.05, 4.69) is 10.0 Å².